The number of hydrogen-bond donors (Lipinski definition) is 1. The van der Waals surface area contributed by atoms with Crippen LogP contribution in [0.4, 0.5) is 10.1 Å². The number of nitrogen functional groups attached to an aromatic ring is 1. The quantitative estimate of drug-likeness (QED) is 0.920. The lowest BCUT2D eigenvalue weighted by Gasteiger charge is -2.09. The van der Waals surface area contributed by atoms with Crippen molar-refractivity contribution in [2.24, 2.45) is 0 Å². The number of anilines is 1. The van der Waals surface area contributed by atoms with Crippen molar-refractivity contribution in [3.63, 3.8) is 0 Å². The van der Waals surface area contributed by atoms with Gasteiger partial charge in [0.15, 0.2) is 0 Å². The summed E-state index contributed by atoms with van der Waals surface area (Å²) in [4.78, 5) is 4.05. The van der Waals surface area contributed by atoms with Gasteiger partial charge in [-0.25, -0.2) is 9.37 Å². The summed E-state index contributed by atoms with van der Waals surface area (Å²) in [5, 5.41) is 0. The van der Waals surface area contributed by atoms with E-state index in [1.165, 1.54) is 12.1 Å². The number of benzene rings is 1. The molecule has 1 aromatic carbocycles. The molecule has 0 atom stereocenters. The lowest BCUT2D eigenvalue weighted by Crippen LogP contribution is -1.96. The summed E-state index contributed by atoms with van der Waals surface area (Å²) < 4.78 is 19.2. The van der Waals surface area contributed by atoms with Gasteiger partial charge in [0, 0.05) is 10.7 Å². The van der Waals surface area contributed by atoms with Crippen LogP contribution < -0.4 is 10.5 Å². The first-order valence-electron chi connectivity index (χ1n) is 4.91. The minimum Gasteiger partial charge on any atom is -0.437 e. The Bertz CT molecular complexity index is 511. The van der Waals surface area contributed by atoms with Crippen LogP contribution in [-0.4, -0.2) is 4.98 Å². The molecule has 0 fully saturated rings. The topological polar surface area (TPSA) is 48.1 Å². The first-order chi connectivity index (χ1) is 8.06. The molecule has 0 saturated carbocycles. The Morgan fingerprint density at radius 2 is 2.12 bits per heavy atom. The van der Waals surface area contributed by atoms with Crippen LogP contribution >= 0.6 is 15.9 Å². The largest absolute Gasteiger partial charge is 0.437 e. The van der Waals surface area contributed by atoms with Gasteiger partial charge in [-0.1, -0.05) is 0 Å². The number of pyridine rings is 1. The minimum atomic E-state index is -0.299. The predicted molar refractivity (Wildman–Crippen MR) is 67.6 cm³/mol. The first kappa shape index (κ1) is 11.9. The molecule has 0 unspecified atom stereocenters. The van der Waals surface area contributed by atoms with Crippen molar-refractivity contribution in [1.82, 2.24) is 4.98 Å². The monoisotopic (exact) mass is 296 g/mol. The highest BCUT2D eigenvalue weighted by atomic mass is 79.9. The van der Waals surface area contributed by atoms with Gasteiger partial charge in [-0.2, -0.15) is 0 Å². The van der Waals surface area contributed by atoms with E-state index in [0.717, 1.165) is 4.47 Å². The highest BCUT2D eigenvalue weighted by Gasteiger charge is 2.07. The normalized spacial score (nSPS) is 10.3. The van der Waals surface area contributed by atoms with Crippen molar-refractivity contribution >= 4 is 21.6 Å². The summed E-state index contributed by atoms with van der Waals surface area (Å²) in [6.07, 6.45) is 1.59. The number of ether oxygens (including phenoxy) is 1. The molecule has 0 spiro atoms. The van der Waals surface area contributed by atoms with Crippen LogP contribution in [-0.2, 0) is 0 Å². The average molecular weight is 297 g/mol. The summed E-state index contributed by atoms with van der Waals surface area (Å²) in [5.74, 6) is 0.544. The van der Waals surface area contributed by atoms with E-state index in [1.807, 2.05) is 0 Å². The van der Waals surface area contributed by atoms with Gasteiger partial charge in [-0.05, 0) is 52.7 Å². The van der Waals surface area contributed by atoms with Crippen LogP contribution in [0.25, 0.3) is 0 Å². The van der Waals surface area contributed by atoms with E-state index in [1.54, 1.807) is 25.3 Å². The third-order valence-electron chi connectivity index (χ3n) is 2.19. The van der Waals surface area contributed by atoms with Crippen molar-refractivity contribution in [3.05, 3.63) is 46.3 Å². The third-order valence-corrected chi connectivity index (χ3v) is 2.62. The third kappa shape index (κ3) is 2.74. The summed E-state index contributed by atoms with van der Waals surface area (Å²) in [5.41, 5.74) is 6.87. The molecule has 0 aliphatic carbocycles. The van der Waals surface area contributed by atoms with Crippen molar-refractivity contribution in [2.75, 3.05) is 5.73 Å². The van der Waals surface area contributed by atoms with Crippen LogP contribution in [0.1, 0.15) is 5.56 Å². The molecule has 0 saturated heterocycles. The molecule has 2 N–H and O–H groups in total. The van der Waals surface area contributed by atoms with E-state index in [0.29, 0.717) is 22.9 Å². The lowest BCUT2D eigenvalue weighted by atomic mass is 10.2. The van der Waals surface area contributed by atoms with E-state index >= 15 is 0 Å². The van der Waals surface area contributed by atoms with Gasteiger partial charge in [0.1, 0.15) is 11.6 Å². The van der Waals surface area contributed by atoms with E-state index in [4.69, 9.17) is 10.5 Å². The molecule has 2 aromatic rings. The number of rotatable bonds is 2. The molecule has 17 heavy (non-hydrogen) atoms. The summed E-state index contributed by atoms with van der Waals surface area (Å²) in [6.45, 7) is 1.76. The van der Waals surface area contributed by atoms with Gasteiger partial charge in [0.25, 0.3) is 0 Å². The Morgan fingerprint density at radius 3 is 2.76 bits per heavy atom. The molecule has 0 radical (unpaired) electrons. The van der Waals surface area contributed by atoms with Crippen LogP contribution in [0.3, 0.4) is 0 Å². The number of nitrogens with two attached hydrogens (primary N) is 1. The lowest BCUT2D eigenvalue weighted by molar-refractivity contribution is 0.460. The Morgan fingerprint density at radius 1 is 1.35 bits per heavy atom. The fraction of sp³-hybridized carbons (Fsp3) is 0.0833. The zero-order valence-electron chi connectivity index (χ0n) is 9.08. The molecule has 3 nitrogen and oxygen atoms in total. The van der Waals surface area contributed by atoms with Gasteiger partial charge in [0.2, 0.25) is 5.88 Å². The van der Waals surface area contributed by atoms with Crippen LogP contribution in [0.2, 0.25) is 0 Å². The van der Waals surface area contributed by atoms with Crippen LogP contribution in [0.5, 0.6) is 11.6 Å². The molecule has 0 aliphatic rings. The highest BCUT2D eigenvalue weighted by molar-refractivity contribution is 9.10. The first-order valence-corrected chi connectivity index (χ1v) is 5.70. The summed E-state index contributed by atoms with van der Waals surface area (Å²) >= 11 is 3.26. The molecule has 2 rings (SSSR count). The van der Waals surface area contributed by atoms with E-state index in [-0.39, 0.29) is 5.82 Å². The standard InChI is InChI=1S/C12H10BrFN2O/c1-7-4-9(14)2-3-11(7)17-12-10(15)5-8(13)6-16-12/h2-6H,15H2,1H3. The summed E-state index contributed by atoms with van der Waals surface area (Å²) in [6, 6.07) is 5.97. The highest BCUT2D eigenvalue weighted by Crippen LogP contribution is 2.29. The molecule has 5 heteroatoms. The Hall–Kier alpha value is -1.62. The maximum Gasteiger partial charge on any atom is 0.242 e. The Balaban J connectivity index is 2.31. The fourth-order valence-electron chi connectivity index (χ4n) is 1.36. The van der Waals surface area contributed by atoms with E-state index in [9.17, 15) is 4.39 Å². The van der Waals surface area contributed by atoms with Crippen molar-refractivity contribution in [2.45, 2.75) is 6.92 Å². The molecular weight excluding hydrogens is 287 g/mol. The van der Waals surface area contributed by atoms with Crippen molar-refractivity contribution < 1.29 is 9.13 Å². The molecule has 88 valence electrons. The van der Waals surface area contributed by atoms with Crippen LogP contribution in [0, 0.1) is 12.7 Å². The average Bonchev–Trinajstić information content (AvgIpc) is 2.25. The number of aromatic nitrogens is 1. The van der Waals surface area contributed by atoms with Crippen molar-refractivity contribution in [3.8, 4) is 11.6 Å². The zero-order valence-corrected chi connectivity index (χ0v) is 10.7. The smallest absolute Gasteiger partial charge is 0.242 e. The molecule has 1 heterocycles. The maximum absolute atomic E-state index is 12.9. The SMILES string of the molecule is Cc1cc(F)ccc1Oc1ncc(Br)cc1N. The van der Waals surface area contributed by atoms with Crippen LogP contribution in [0.15, 0.2) is 34.9 Å². The van der Waals surface area contributed by atoms with Gasteiger partial charge >= 0.3 is 0 Å². The second-order valence-electron chi connectivity index (χ2n) is 3.56. The second-order valence-corrected chi connectivity index (χ2v) is 4.48. The minimum absolute atomic E-state index is 0.299. The number of aryl methyl sites for hydroxylation is 1. The number of hydrogen-bond acceptors (Lipinski definition) is 3. The predicted octanol–water partition coefficient (Wildman–Crippen LogP) is 3.67. The molecule has 0 aliphatic heterocycles. The number of nitrogens with zero attached hydrogens (tertiary/aromatic N) is 1. The zero-order chi connectivity index (χ0) is 12.4. The molecule has 0 amide bonds. The summed E-state index contributed by atoms with van der Waals surface area (Å²) in [7, 11) is 0. The molecule has 1 aromatic heterocycles. The van der Waals surface area contributed by atoms with Gasteiger partial charge in [-0.3, -0.25) is 0 Å². The van der Waals surface area contributed by atoms with Gasteiger partial charge < -0.3 is 10.5 Å². The van der Waals surface area contributed by atoms with E-state index < -0.39 is 0 Å². The molecule has 0 bridgehead atoms. The van der Waals surface area contributed by atoms with Crippen molar-refractivity contribution in [1.29, 1.82) is 0 Å². The van der Waals surface area contributed by atoms with E-state index in [2.05, 4.69) is 20.9 Å². The number of halogens is 2. The Kier molecular flexibility index (Phi) is 3.28. The fourth-order valence-corrected chi connectivity index (χ4v) is 1.71. The van der Waals surface area contributed by atoms with Gasteiger partial charge in [0.05, 0.1) is 5.69 Å². The second kappa shape index (κ2) is 4.71. The van der Waals surface area contributed by atoms with Gasteiger partial charge in [-0.15, -0.1) is 0 Å². The molecular formula is C12H10BrFN2O. The Labute approximate surface area is 107 Å². The maximum atomic E-state index is 12.9.